The van der Waals surface area contributed by atoms with E-state index in [2.05, 4.69) is 67.6 Å². The Balaban J connectivity index is 1.33. The number of benzene rings is 3. The summed E-state index contributed by atoms with van der Waals surface area (Å²) in [6.07, 6.45) is 21.0. The molecule has 0 saturated heterocycles. The number of allylic oxidation sites excluding steroid dienone is 4. The van der Waals surface area contributed by atoms with E-state index in [1.165, 1.54) is 62.5 Å². The lowest BCUT2D eigenvalue weighted by Gasteiger charge is -2.28. The molecule has 1 aliphatic carbocycles. The molecule has 0 unspecified atom stereocenters. The van der Waals surface area contributed by atoms with Crippen LogP contribution in [0.25, 0.3) is 21.9 Å². The summed E-state index contributed by atoms with van der Waals surface area (Å²) in [5.74, 6) is 1.77. The molecule has 4 rings (SSSR count). The second-order valence-corrected chi connectivity index (χ2v) is 10.4. The topological polar surface area (TPSA) is 0 Å². The van der Waals surface area contributed by atoms with Crippen LogP contribution >= 0.6 is 0 Å². The average molecular weight is 469 g/mol. The molecule has 184 valence electrons. The summed E-state index contributed by atoms with van der Waals surface area (Å²) in [5.41, 5.74) is 4.59. The minimum absolute atomic E-state index is 0.0688. The van der Waals surface area contributed by atoms with Gasteiger partial charge in [0.25, 0.3) is 0 Å². The molecule has 0 atom stereocenters. The third kappa shape index (κ3) is 6.94. The molecule has 0 radical (unpaired) electrons. The summed E-state index contributed by atoms with van der Waals surface area (Å²) < 4.78 is 15.0. The molecule has 0 nitrogen and oxygen atoms in total. The van der Waals surface area contributed by atoms with Crippen molar-refractivity contribution in [1.29, 1.82) is 0 Å². The molecule has 0 aliphatic heterocycles. The van der Waals surface area contributed by atoms with Gasteiger partial charge in [0.15, 0.2) is 0 Å². The summed E-state index contributed by atoms with van der Waals surface area (Å²) in [5, 5.41) is 1.69. The van der Waals surface area contributed by atoms with Gasteiger partial charge in [0.2, 0.25) is 0 Å². The van der Waals surface area contributed by atoms with E-state index < -0.39 is 0 Å². The van der Waals surface area contributed by atoms with E-state index in [1.54, 1.807) is 0 Å². The maximum atomic E-state index is 15.0. The van der Waals surface area contributed by atoms with Crippen molar-refractivity contribution in [3.8, 4) is 11.1 Å². The minimum atomic E-state index is -0.0688. The Morgan fingerprint density at radius 1 is 0.714 bits per heavy atom. The van der Waals surface area contributed by atoms with Crippen LogP contribution in [-0.4, -0.2) is 0 Å². The third-order valence-corrected chi connectivity index (χ3v) is 7.92. The molecule has 1 heteroatoms. The molecule has 0 aromatic heterocycles. The number of aryl methyl sites for hydroxylation is 2. The molecule has 3 aromatic carbocycles. The number of hydrogen-bond donors (Lipinski definition) is 0. The highest BCUT2D eigenvalue weighted by Crippen LogP contribution is 2.34. The Labute approximate surface area is 212 Å². The quantitative estimate of drug-likeness (QED) is 0.260. The fourth-order valence-corrected chi connectivity index (χ4v) is 5.66. The number of hydrogen-bond acceptors (Lipinski definition) is 0. The van der Waals surface area contributed by atoms with Crippen molar-refractivity contribution in [2.45, 2.75) is 78.1 Å². The van der Waals surface area contributed by atoms with Crippen molar-refractivity contribution in [2.24, 2.45) is 11.8 Å². The van der Waals surface area contributed by atoms with Gasteiger partial charge in [0.05, 0.1) is 0 Å². The van der Waals surface area contributed by atoms with E-state index in [0.29, 0.717) is 0 Å². The largest absolute Gasteiger partial charge is 0.206 e. The van der Waals surface area contributed by atoms with Crippen LogP contribution < -0.4 is 0 Å². The normalized spacial score (nSPS) is 18.7. The van der Waals surface area contributed by atoms with Crippen LogP contribution in [0.15, 0.2) is 78.9 Å². The highest BCUT2D eigenvalue weighted by molar-refractivity contribution is 5.88. The maximum Gasteiger partial charge on any atom is 0.134 e. The van der Waals surface area contributed by atoms with Crippen LogP contribution in [-0.2, 0) is 12.8 Å². The van der Waals surface area contributed by atoms with E-state index in [1.807, 2.05) is 25.1 Å². The van der Waals surface area contributed by atoms with Gasteiger partial charge in [-0.1, -0.05) is 98.5 Å². The van der Waals surface area contributed by atoms with E-state index in [4.69, 9.17) is 0 Å². The Kier molecular flexibility index (Phi) is 9.35. The van der Waals surface area contributed by atoms with Gasteiger partial charge in [0, 0.05) is 5.39 Å². The standard InChI is InChI=1S/C34H41F/c1-3-5-7-9-26-11-13-27(14-12-26)15-16-28-17-19-29(20-18-28)31-23-24-33-32(25-31)22-21-30(34(33)35)10-8-6-4-2/h3-6,17-27H,7-16H2,1-2H3/b5-3+,6-4+. The van der Waals surface area contributed by atoms with Gasteiger partial charge in [-0.05, 0) is 97.9 Å². The first-order chi connectivity index (χ1) is 17.2. The van der Waals surface area contributed by atoms with Gasteiger partial charge in [-0.25, -0.2) is 4.39 Å². The van der Waals surface area contributed by atoms with E-state index in [9.17, 15) is 4.39 Å². The molecule has 3 aromatic rings. The minimum Gasteiger partial charge on any atom is -0.206 e. The fourth-order valence-electron chi connectivity index (χ4n) is 5.66. The van der Waals surface area contributed by atoms with Crippen LogP contribution in [0.2, 0.25) is 0 Å². The predicted molar refractivity (Wildman–Crippen MR) is 150 cm³/mol. The second-order valence-electron chi connectivity index (χ2n) is 10.4. The van der Waals surface area contributed by atoms with E-state index >= 15 is 0 Å². The second kappa shape index (κ2) is 12.9. The van der Waals surface area contributed by atoms with Crippen molar-refractivity contribution >= 4 is 10.8 Å². The lowest BCUT2D eigenvalue weighted by Crippen LogP contribution is -2.15. The molecule has 0 amide bonds. The Hall–Kier alpha value is -2.67. The fraction of sp³-hybridized carbons (Fsp3) is 0.412. The van der Waals surface area contributed by atoms with Crippen molar-refractivity contribution in [1.82, 2.24) is 0 Å². The zero-order chi connectivity index (χ0) is 24.5. The average Bonchev–Trinajstić information content (AvgIpc) is 2.90. The Morgan fingerprint density at radius 2 is 1.37 bits per heavy atom. The zero-order valence-electron chi connectivity index (χ0n) is 21.6. The van der Waals surface area contributed by atoms with Gasteiger partial charge in [-0.3, -0.25) is 0 Å². The van der Waals surface area contributed by atoms with Gasteiger partial charge in [-0.15, -0.1) is 0 Å². The Morgan fingerprint density at radius 3 is 2.09 bits per heavy atom. The number of fused-ring (bicyclic) bond motifs is 1. The summed E-state index contributed by atoms with van der Waals surface area (Å²) in [6.45, 7) is 4.12. The monoisotopic (exact) mass is 468 g/mol. The van der Waals surface area contributed by atoms with Crippen molar-refractivity contribution in [2.75, 3.05) is 0 Å². The van der Waals surface area contributed by atoms with Crippen molar-refractivity contribution < 1.29 is 4.39 Å². The number of rotatable bonds is 10. The number of halogens is 1. The van der Waals surface area contributed by atoms with Crippen LogP contribution in [0.5, 0.6) is 0 Å². The van der Waals surface area contributed by atoms with Crippen molar-refractivity contribution in [3.05, 3.63) is 95.8 Å². The molecule has 0 bridgehead atoms. The van der Waals surface area contributed by atoms with Gasteiger partial charge in [-0.2, -0.15) is 0 Å². The molecule has 0 heterocycles. The molecule has 35 heavy (non-hydrogen) atoms. The molecule has 0 N–H and O–H groups in total. The first-order valence-corrected chi connectivity index (χ1v) is 13.7. The zero-order valence-corrected chi connectivity index (χ0v) is 21.6. The van der Waals surface area contributed by atoms with Gasteiger partial charge in [0.1, 0.15) is 5.82 Å². The van der Waals surface area contributed by atoms with Crippen LogP contribution in [0.1, 0.15) is 76.3 Å². The van der Waals surface area contributed by atoms with Crippen LogP contribution in [0.4, 0.5) is 4.39 Å². The van der Waals surface area contributed by atoms with Gasteiger partial charge >= 0.3 is 0 Å². The van der Waals surface area contributed by atoms with Crippen LogP contribution in [0.3, 0.4) is 0 Å². The molecule has 1 saturated carbocycles. The van der Waals surface area contributed by atoms with E-state index in [-0.39, 0.29) is 5.82 Å². The summed E-state index contributed by atoms with van der Waals surface area (Å²) in [6, 6.07) is 19.2. The Bertz CT molecular complexity index is 1130. The maximum absolute atomic E-state index is 15.0. The molecule has 1 fully saturated rings. The SMILES string of the molecule is C/C=C/CCc1ccc2cc(-c3ccc(CCC4CCC(CC/C=C/C)CC4)cc3)ccc2c1F. The van der Waals surface area contributed by atoms with E-state index in [0.717, 1.165) is 46.6 Å². The molecule has 0 spiro atoms. The molecule has 1 aliphatic rings. The lowest BCUT2D eigenvalue weighted by atomic mass is 9.78. The summed E-state index contributed by atoms with van der Waals surface area (Å²) in [4.78, 5) is 0. The first kappa shape index (κ1) is 25.4. The van der Waals surface area contributed by atoms with Gasteiger partial charge < -0.3 is 0 Å². The predicted octanol–water partition coefficient (Wildman–Crippen LogP) is 10.2. The summed E-state index contributed by atoms with van der Waals surface area (Å²) >= 11 is 0. The summed E-state index contributed by atoms with van der Waals surface area (Å²) in [7, 11) is 0. The van der Waals surface area contributed by atoms with Crippen molar-refractivity contribution in [3.63, 3.8) is 0 Å². The van der Waals surface area contributed by atoms with Crippen LogP contribution in [0, 0.1) is 17.7 Å². The third-order valence-electron chi connectivity index (χ3n) is 7.92. The highest BCUT2D eigenvalue weighted by atomic mass is 19.1. The molecular weight excluding hydrogens is 427 g/mol. The highest BCUT2D eigenvalue weighted by Gasteiger charge is 2.20. The smallest absolute Gasteiger partial charge is 0.134 e. The molecular formula is C34H41F. The first-order valence-electron chi connectivity index (χ1n) is 13.7. The lowest BCUT2D eigenvalue weighted by molar-refractivity contribution is 0.254.